The van der Waals surface area contributed by atoms with Crippen LogP contribution in [0.5, 0.6) is 0 Å². The maximum absolute atomic E-state index is 6.16. The SMILES string of the molecule is NCc1scc(-c2ccccc2)c1-c1cc(N)ccc1N.c1ccccc1. The molecule has 0 radical (unpaired) electrons. The largest absolute Gasteiger partial charge is 0.399 e. The molecule has 0 fully saturated rings. The van der Waals surface area contributed by atoms with Crippen LogP contribution in [0.4, 0.5) is 11.4 Å². The Labute approximate surface area is 164 Å². The molecule has 0 spiro atoms. The van der Waals surface area contributed by atoms with Crippen LogP contribution in [-0.2, 0) is 6.54 Å². The van der Waals surface area contributed by atoms with Gasteiger partial charge >= 0.3 is 0 Å². The summed E-state index contributed by atoms with van der Waals surface area (Å²) in [5, 5.41) is 2.13. The molecule has 4 aromatic rings. The molecule has 0 saturated carbocycles. The van der Waals surface area contributed by atoms with Crippen molar-refractivity contribution in [1.29, 1.82) is 0 Å². The third-order valence-electron chi connectivity index (χ3n) is 4.15. The maximum Gasteiger partial charge on any atom is 0.0395 e. The predicted octanol–water partition coefficient (Wildman–Crippen LogP) is 5.39. The van der Waals surface area contributed by atoms with Crippen molar-refractivity contribution in [3.8, 4) is 22.3 Å². The van der Waals surface area contributed by atoms with Crippen LogP contribution in [0.25, 0.3) is 22.3 Å². The van der Waals surface area contributed by atoms with E-state index < -0.39 is 0 Å². The summed E-state index contributed by atoms with van der Waals surface area (Å²) < 4.78 is 0. The van der Waals surface area contributed by atoms with Crippen molar-refractivity contribution in [2.45, 2.75) is 6.54 Å². The zero-order valence-electron chi connectivity index (χ0n) is 15.0. The molecule has 0 atom stereocenters. The molecule has 0 saturated heterocycles. The second-order valence-corrected chi connectivity index (χ2v) is 6.98. The molecule has 27 heavy (non-hydrogen) atoms. The molecule has 1 heterocycles. The first kappa shape index (κ1) is 18.7. The maximum atomic E-state index is 6.16. The molecule has 0 bridgehead atoms. The number of nitrogen functional groups attached to an aromatic ring is 2. The molecule has 136 valence electrons. The molecular formula is C23H23N3S. The smallest absolute Gasteiger partial charge is 0.0395 e. The Kier molecular flexibility index (Phi) is 6.26. The van der Waals surface area contributed by atoms with E-state index in [4.69, 9.17) is 17.2 Å². The van der Waals surface area contributed by atoms with Gasteiger partial charge in [0.15, 0.2) is 0 Å². The topological polar surface area (TPSA) is 78.1 Å². The van der Waals surface area contributed by atoms with Gasteiger partial charge in [0, 0.05) is 39.5 Å². The Hall–Kier alpha value is -3.08. The monoisotopic (exact) mass is 373 g/mol. The molecule has 0 amide bonds. The van der Waals surface area contributed by atoms with Gasteiger partial charge in [-0.25, -0.2) is 0 Å². The summed E-state index contributed by atoms with van der Waals surface area (Å²) in [6.45, 7) is 0.487. The van der Waals surface area contributed by atoms with Gasteiger partial charge in [-0.05, 0) is 29.1 Å². The normalized spacial score (nSPS) is 10.1. The number of thiophene rings is 1. The third-order valence-corrected chi connectivity index (χ3v) is 5.16. The van der Waals surface area contributed by atoms with Gasteiger partial charge < -0.3 is 17.2 Å². The lowest BCUT2D eigenvalue weighted by Crippen LogP contribution is -1.99. The van der Waals surface area contributed by atoms with Crippen molar-refractivity contribution in [2.75, 3.05) is 11.5 Å². The summed E-state index contributed by atoms with van der Waals surface area (Å²) in [5.41, 5.74) is 23.8. The molecule has 1 aromatic heterocycles. The molecule has 3 aromatic carbocycles. The van der Waals surface area contributed by atoms with Gasteiger partial charge in [-0.15, -0.1) is 11.3 Å². The van der Waals surface area contributed by atoms with Gasteiger partial charge in [0.05, 0.1) is 0 Å². The van der Waals surface area contributed by atoms with Crippen LogP contribution in [-0.4, -0.2) is 0 Å². The van der Waals surface area contributed by atoms with E-state index in [-0.39, 0.29) is 0 Å². The summed E-state index contributed by atoms with van der Waals surface area (Å²) in [6, 6.07) is 27.8. The molecule has 3 nitrogen and oxygen atoms in total. The van der Waals surface area contributed by atoms with Gasteiger partial charge in [0.25, 0.3) is 0 Å². The van der Waals surface area contributed by atoms with Crippen LogP contribution in [0.2, 0.25) is 0 Å². The average Bonchev–Trinajstić information content (AvgIpc) is 3.16. The minimum atomic E-state index is 0.487. The zero-order chi connectivity index (χ0) is 19.1. The van der Waals surface area contributed by atoms with E-state index in [0.717, 1.165) is 32.8 Å². The summed E-state index contributed by atoms with van der Waals surface area (Å²) >= 11 is 1.66. The van der Waals surface area contributed by atoms with Crippen LogP contribution in [0, 0.1) is 0 Å². The van der Waals surface area contributed by atoms with Crippen LogP contribution in [0.15, 0.2) is 90.3 Å². The quantitative estimate of drug-likeness (QED) is 0.421. The highest BCUT2D eigenvalue weighted by atomic mass is 32.1. The van der Waals surface area contributed by atoms with Crippen molar-refractivity contribution >= 4 is 22.7 Å². The first-order valence-corrected chi connectivity index (χ1v) is 9.60. The fraction of sp³-hybridized carbons (Fsp3) is 0.0435. The molecule has 0 aliphatic heterocycles. The molecule has 4 rings (SSSR count). The Morgan fingerprint density at radius 3 is 1.89 bits per heavy atom. The highest BCUT2D eigenvalue weighted by Crippen LogP contribution is 2.42. The highest BCUT2D eigenvalue weighted by Gasteiger charge is 2.16. The van der Waals surface area contributed by atoms with E-state index in [1.165, 1.54) is 0 Å². The second-order valence-electron chi connectivity index (χ2n) is 6.02. The van der Waals surface area contributed by atoms with E-state index in [9.17, 15) is 0 Å². The lowest BCUT2D eigenvalue weighted by Gasteiger charge is -2.11. The Morgan fingerprint density at radius 2 is 1.30 bits per heavy atom. The van der Waals surface area contributed by atoms with Crippen molar-refractivity contribution in [3.05, 3.63) is 95.2 Å². The number of nitrogens with two attached hydrogens (primary N) is 3. The lowest BCUT2D eigenvalue weighted by atomic mass is 9.95. The van der Waals surface area contributed by atoms with Gasteiger partial charge in [-0.3, -0.25) is 0 Å². The van der Waals surface area contributed by atoms with E-state index in [2.05, 4.69) is 17.5 Å². The Morgan fingerprint density at radius 1 is 0.704 bits per heavy atom. The van der Waals surface area contributed by atoms with E-state index in [1.807, 2.05) is 72.8 Å². The number of anilines is 2. The third kappa shape index (κ3) is 4.56. The molecule has 0 aliphatic carbocycles. The number of hydrogen-bond donors (Lipinski definition) is 3. The first-order chi connectivity index (χ1) is 13.2. The van der Waals surface area contributed by atoms with E-state index >= 15 is 0 Å². The van der Waals surface area contributed by atoms with Crippen LogP contribution < -0.4 is 17.2 Å². The Balaban J connectivity index is 0.000000299. The average molecular weight is 374 g/mol. The fourth-order valence-electron chi connectivity index (χ4n) is 2.85. The van der Waals surface area contributed by atoms with Crippen molar-refractivity contribution in [3.63, 3.8) is 0 Å². The number of hydrogen-bond acceptors (Lipinski definition) is 4. The molecule has 4 heteroatoms. The first-order valence-electron chi connectivity index (χ1n) is 8.72. The van der Waals surface area contributed by atoms with Crippen LogP contribution in [0.1, 0.15) is 4.88 Å². The summed E-state index contributed by atoms with van der Waals surface area (Å²) in [6.07, 6.45) is 0. The molecular weight excluding hydrogens is 350 g/mol. The van der Waals surface area contributed by atoms with E-state index in [0.29, 0.717) is 12.2 Å². The fourth-order valence-corrected chi connectivity index (χ4v) is 3.80. The Bertz CT molecular complexity index is 952. The van der Waals surface area contributed by atoms with Gasteiger partial charge in [-0.2, -0.15) is 0 Å². The van der Waals surface area contributed by atoms with Gasteiger partial charge in [-0.1, -0.05) is 66.7 Å². The lowest BCUT2D eigenvalue weighted by molar-refractivity contribution is 1.11. The molecule has 0 aliphatic rings. The predicted molar refractivity (Wildman–Crippen MR) is 118 cm³/mol. The van der Waals surface area contributed by atoms with Crippen LogP contribution in [0.3, 0.4) is 0 Å². The number of benzene rings is 3. The summed E-state index contributed by atoms with van der Waals surface area (Å²) in [7, 11) is 0. The van der Waals surface area contributed by atoms with E-state index in [1.54, 1.807) is 11.3 Å². The zero-order valence-corrected chi connectivity index (χ0v) is 15.8. The highest BCUT2D eigenvalue weighted by molar-refractivity contribution is 7.11. The molecule has 6 N–H and O–H groups in total. The van der Waals surface area contributed by atoms with Gasteiger partial charge in [0.1, 0.15) is 0 Å². The summed E-state index contributed by atoms with van der Waals surface area (Å²) in [4.78, 5) is 1.12. The van der Waals surface area contributed by atoms with Crippen molar-refractivity contribution in [2.24, 2.45) is 5.73 Å². The van der Waals surface area contributed by atoms with Crippen molar-refractivity contribution in [1.82, 2.24) is 0 Å². The standard InChI is InChI=1S/C17H17N3S.C6H6/c18-9-16-17(13-8-12(19)6-7-15(13)20)14(10-21-16)11-4-2-1-3-5-11;1-2-4-6-5-3-1/h1-8,10H,9,18-20H2;1-6H. The summed E-state index contributed by atoms with van der Waals surface area (Å²) in [5.74, 6) is 0. The minimum absolute atomic E-state index is 0.487. The minimum Gasteiger partial charge on any atom is -0.399 e. The van der Waals surface area contributed by atoms with Crippen LogP contribution >= 0.6 is 11.3 Å². The number of rotatable bonds is 3. The van der Waals surface area contributed by atoms with Gasteiger partial charge in [0.2, 0.25) is 0 Å². The van der Waals surface area contributed by atoms with Crippen molar-refractivity contribution < 1.29 is 0 Å². The second kappa shape index (κ2) is 9.03. The molecule has 0 unspecified atom stereocenters.